The lowest BCUT2D eigenvalue weighted by Gasteiger charge is -2.00. The van der Waals surface area contributed by atoms with E-state index in [4.69, 9.17) is 0 Å². The molecule has 0 bridgehead atoms. The minimum atomic E-state index is 1.26. The molecule has 1 heterocycles. The summed E-state index contributed by atoms with van der Waals surface area (Å²) in [7, 11) is 0. The number of H-pyrrole nitrogens is 1. The van der Waals surface area contributed by atoms with E-state index < -0.39 is 0 Å². The van der Waals surface area contributed by atoms with Crippen LogP contribution in [0, 0.1) is 0 Å². The second kappa shape index (κ2) is 3.28. The van der Waals surface area contributed by atoms with Crippen molar-refractivity contribution in [2.24, 2.45) is 0 Å². The molecule has 2 aromatic carbocycles. The van der Waals surface area contributed by atoms with E-state index in [2.05, 4.69) is 47.4 Å². The number of nitrogens with one attached hydrogen (secondary N) is 1. The second-order valence-corrected chi connectivity index (χ2v) is 3.67. The van der Waals surface area contributed by atoms with Crippen LogP contribution in [0.15, 0.2) is 60.9 Å². The molecule has 0 aliphatic carbocycles. The summed E-state index contributed by atoms with van der Waals surface area (Å²) in [5.74, 6) is 0. The third kappa shape index (κ3) is 1.42. The van der Waals surface area contributed by atoms with E-state index in [0.29, 0.717) is 0 Å². The van der Waals surface area contributed by atoms with Gasteiger partial charge in [0.25, 0.3) is 0 Å². The molecule has 3 aromatic rings. The molecule has 0 unspecified atom stereocenters. The Kier molecular flexibility index (Phi) is 1.82. The van der Waals surface area contributed by atoms with Crippen molar-refractivity contribution >= 4 is 10.8 Å². The van der Waals surface area contributed by atoms with Crippen molar-refractivity contribution in [3.63, 3.8) is 0 Å². The highest BCUT2D eigenvalue weighted by molar-refractivity contribution is 5.86. The van der Waals surface area contributed by atoms with Crippen LogP contribution in [-0.4, -0.2) is 4.98 Å². The Balaban J connectivity index is 2.19. The van der Waals surface area contributed by atoms with Gasteiger partial charge in [-0.05, 0) is 28.0 Å². The van der Waals surface area contributed by atoms with Crippen LogP contribution in [0.5, 0.6) is 0 Å². The first-order valence-electron chi connectivity index (χ1n) is 5.05. The van der Waals surface area contributed by atoms with Gasteiger partial charge in [0.15, 0.2) is 0 Å². The Morgan fingerprint density at radius 1 is 0.667 bits per heavy atom. The molecule has 0 saturated heterocycles. The fourth-order valence-corrected chi connectivity index (χ4v) is 1.86. The molecule has 0 atom stereocenters. The Morgan fingerprint density at radius 3 is 2.33 bits per heavy atom. The van der Waals surface area contributed by atoms with Gasteiger partial charge in [-0.25, -0.2) is 0 Å². The van der Waals surface area contributed by atoms with Gasteiger partial charge < -0.3 is 4.98 Å². The van der Waals surface area contributed by atoms with Crippen LogP contribution in [0.1, 0.15) is 0 Å². The Labute approximate surface area is 88.4 Å². The van der Waals surface area contributed by atoms with Gasteiger partial charge in [0.05, 0.1) is 0 Å². The molecule has 0 aliphatic rings. The topological polar surface area (TPSA) is 15.8 Å². The molecule has 1 aromatic heterocycles. The van der Waals surface area contributed by atoms with Crippen molar-refractivity contribution in [2.45, 2.75) is 0 Å². The Hall–Kier alpha value is -2.02. The van der Waals surface area contributed by atoms with E-state index >= 15 is 0 Å². The van der Waals surface area contributed by atoms with Gasteiger partial charge in [-0.15, -0.1) is 0 Å². The molecule has 0 radical (unpaired) electrons. The summed E-state index contributed by atoms with van der Waals surface area (Å²) in [5, 5.41) is 2.52. The highest BCUT2D eigenvalue weighted by Crippen LogP contribution is 2.23. The summed E-state index contributed by atoms with van der Waals surface area (Å²) in [4.78, 5) is 3.12. The lowest BCUT2D eigenvalue weighted by atomic mass is 10.0. The fourth-order valence-electron chi connectivity index (χ4n) is 1.86. The van der Waals surface area contributed by atoms with Gasteiger partial charge in [0, 0.05) is 12.4 Å². The van der Waals surface area contributed by atoms with Crippen molar-refractivity contribution in [2.75, 3.05) is 0 Å². The summed E-state index contributed by atoms with van der Waals surface area (Å²) in [5.41, 5.74) is 2.53. The van der Waals surface area contributed by atoms with E-state index in [1.54, 1.807) is 0 Å². The zero-order valence-corrected chi connectivity index (χ0v) is 8.27. The van der Waals surface area contributed by atoms with Crippen molar-refractivity contribution in [3.8, 4) is 11.1 Å². The van der Waals surface area contributed by atoms with Crippen LogP contribution >= 0.6 is 0 Å². The molecule has 0 spiro atoms. The Bertz CT molecular complexity index is 578. The van der Waals surface area contributed by atoms with Crippen LogP contribution in [0.4, 0.5) is 0 Å². The number of aromatic amines is 1. The van der Waals surface area contributed by atoms with E-state index in [1.807, 2.05) is 18.5 Å². The molecular weight excluding hydrogens is 182 g/mol. The molecule has 0 fully saturated rings. The smallest absolute Gasteiger partial charge is 0.00845 e. The number of fused-ring (bicyclic) bond motifs is 1. The van der Waals surface area contributed by atoms with Crippen LogP contribution in [-0.2, 0) is 0 Å². The highest BCUT2D eigenvalue weighted by atomic mass is 14.6. The Morgan fingerprint density at radius 2 is 1.47 bits per heavy atom. The van der Waals surface area contributed by atoms with Gasteiger partial charge in [-0.3, -0.25) is 0 Å². The molecule has 72 valence electrons. The number of benzene rings is 2. The van der Waals surface area contributed by atoms with Crippen molar-refractivity contribution in [1.82, 2.24) is 4.98 Å². The van der Waals surface area contributed by atoms with Gasteiger partial charge in [-0.2, -0.15) is 0 Å². The third-order valence-electron chi connectivity index (χ3n) is 2.67. The first-order valence-corrected chi connectivity index (χ1v) is 5.05. The summed E-state index contributed by atoms with van der Waals surface area (Å²) >= 11 is 0. The predicted octanol–water partition coefficient (Wildman–Crippen LogP) is 3.83. The first kappa shape index (κ1) is 8.30. The normalized spacial score (nSPS) is 10.7. The zero-order valence-electron chi connectivity index (χ0n) is 8.27. The minimum Gasteiger partial charge on any atom is -0.366 e. The second-order valence-electron chi connectivity index (χ2n) is 3.67. The van der Waals surface area contributed by atoms with Gasteiger partial charge in [0.2, 0.25) is 0 Å². The monoisotopic (exact) mass is 193 g/mol. The van der Waals surface area contributed by atoms with E-state index in [0.717, 1.165) is 0 Å². The van der Waals surface area contributed by atoms with Crippen molar-refractivity contribution in [3.05, 3.63) is 60.9 Å². The average molecular weight is 193 g/mol. The molecule has 0 amide bonds. The largest absolute Gasteiger partial charge is 0.366 e. The van der Waals surface area contributed by atoms with Gasteiger partial charge in [-0.1, -0.05) is 42.5 Å². The SMILES string of the molecule is c1ccc(-c2ccc3c[nH]cc3c2)cc1. The molecule has 1 nitrogen and oxygen atoms in total. The lowest BCUT2D eigenvalue weighted by molar-refractivity contribution is 1.43. The van der Waals surface area contributed by atoms with Crippen molar-refractivity contribution in [1.29, 1.82) is 0 Å². The van der Waals surface area contributed by atoms with E-state index in [9.17, 15) is 0 Å². The van der Waals surface area contributed by atoms with Gasteiger partial charge >= 0.3 is 0 Å². The van der Waals surface area contributed by atoms with Crippen LogP contribution in [0.25, 0.3) is 21.9 Å². The standard InChI is InChI=1S/C14H11N/c1-2-4-11(5-3-1)12-6-7-13-9-15-10-14(13)8-12/h1-10,15H. The summed E-state index contributed by atoms with van der Waals surface area (Å²) < 4.78 is 0. The molecule has 1 N–H and O–H groups in total. The molecule has 15 heavy (non-hydrogen) atoms. The molecule has 0 saturated carbocycles. The van der Waals surface area contributed by atoms with Gasteiger partial charge in [0.1, 0.15) is 0 Å². The third-order valence-corrected chi connectivity index (χ3v) is 2.67. The van der Waals surface area contributed by atoms with Crippen LogP contribution < -0.4 is 0 Å². The number of hydrogen-bond acceptors (Lipinski definition) is 0. The molecule has 3 rings (SSSR count). The molecular formula is C14H11N. The predicted molar refractivity (Wildman–Crippen MR) is 63.7 cm³/mol. The average Bonchev–Trinajstić information content (AvgIpc) is 2.77. The summed E-state index contributed by atoms with van der Waals surface area (Å²) in [6.45, 7) is 0. The van der Waals surface area contributed by atoms with Crippen LogP contribution in [0.3, 0.4) is 0 Å². The quantitative estimate of drug-likeness (QED) is 0.604. The number of hydrogen-bond donors (Lipinski definition) is 1. The number of aromatic nitrogens is 1. The number of rotatable bonds is 1. The van der Waals surface area contributed by atoms with E-state index in [-0.39, 0.29) is 0 Å². The fraction of sp³-hybridized carbons (Fsp3) is 0. The lowest BCUT2D eigenvalue weighted by Crippen LogP contribution is -1.75. The first-order chi connectivity index (χ1) is 7.43. The summed E-state index contributed by atoms with van der Waals surface area (Å²) in [6, 6.07) is 17.0. The molecule has 0 aliphatic heterocycles. The zero-order chi connectivity index (χ0) is 10.1. The van der Waals surface area contributed by atoms with E-state index in [1.165, 1.54) is 21.9 Å². The highest BCUT2D eigenvalue weighted by Gasteiger charge is 1.98. The maximum absolute atomic E-state index is 3.12. The maximum Gasteiger partial charge on any atom is 0.00845 e. The minimum absolute atomic E-state index is 1.26. The molecule has 1 heteroatoms. The van der Waals surface area contributed by atoms with Crippen LogP contribution in [0.2, 0.25) is 0 Å². The van der Waals surface area contributed by atoms with Crippen molar-refractivity contribution < 1.29 is 0 Å². The summed E-state index contributed by atoms with van der Waals surface area (Å²) in [6.07, 6.45) is 4.05. The maximum atomic E-state index is 3.12.